The third-order valence-corrected chi connectivity index (χ3v) is 4.98. The Morgan fingerprint density at radius 3 is 2.47 bits per heavy atom. The maximum Gasteiger partial charge on any atom is 0.244 e. The Hall–Kier alpha value is -3.45. The molecular formula is C23H19BrN4O2. The van der Waals surface area contributed by atoms with Crippen LogP contribution in [0, 0.1) is 0 Å². The molecule has 7 heteroatoms. The molecule has 0 saturated heterocycles. The molecule has 1 heterocycles. The lowest BCUT2D eigenvalue weighted by Crippen LogP contribution is -2.00. The molecule has 0 fully saturated rings. The van der Waals surface area contributed by atoms with E-state index in [0.717, 1.165) is 32.2 Å². The highest BCUT2D eigenvalue weighted by Crippen LogP contribution is 2.30. The van der Waals surface area contributed by atoms with E-state index in [1.165, 1.54) is 0 Å². The predicted octanol–water partition coefficient (Wildman–Crippen LogP) is 5.52. The summed E-state index contributed by atoms with van der Waals surface area (Å²) in [5.74, 6) is 1.72. The van der Waals surface area contributed by atoms with Crippen LogP contribution in [0.15, 0.2) is 76.3 Å². The fourth-order valence-electron chi connectivity index (χ4n) is 3.06. The van der Waals surface area contributed by atoms with Crippen molar-refractivity contribution >= 4 is 39.0 Å². The lowest BCUT2D eigenvalue weighted by molar-refractivity contribution is 0.355. The summed E-state index contributed by atoms with van der Waals surface area (Å²) in [6.07, 6.45) is 1.68. The molecule has 0 aliphatic heterocycles. The highest BCUT2D eigenvalue weighted by atomic mass is 79.9. The second-order valence-electron chi connectivity index (χ2n) is 6.41. The van der Waals surface area contributed by atoms with E-state index in [9.17, 15) is 0 Å². The minimum atomic E-state index is 0.417. The molecule has 0 amide bonds. The Balaban J connectivity index is 1.67. The van der Waals surface area contributed by atoms with Gasteiger partial charge in [0.25, 0.3) is 0 Å². The van der Waals surface area contributed by atoms with Gasteiger partial charge in [-0.1, -0.05) is 46.3 Å². The topological polar surface area (TPSA) is 68.6 Å². The summed E-state index contributed by atoms with van der Waals surface area (Å²) in [6, 6.07) is 21.5. The van der Waals surface area contributed by atoms with Crippen molar-refractivity contribution in [2.45, 2.75) is 0 Å². The number of nitrogens with zero attached hydrogens (tertiary/aromatic N) is 3. The number of anilines is 1. The highest BCUT2D eigenvalue weighted by molar-refractivity contribution is 9.10. The molecule has 0 bridgehead atoms. The van der Waals surface area contributed by atoms with Crippen molar-refractivity contribution in [1.82, 2.24) is 9.97 Å². The van der Waals surface area contributed by atoms with Crippen LogP contribution in [-0.4, -0.2) is 30.4 Å². The van der Waals surface area contributed by atoms with Crippen LogP contribution in [0.1, 0.15) is 5.56 Å². The number of benzene rings is 3. The summed E-state index contributed by atoms with van der Waals surface area (Å²) >= 11 is 3.53. The number of ether oxygens (including phenoxy) is 2. The fraction of sp³-hybridized carbons (Fsp3) is 0.0870. The SMILES string of the molecule is COc1ccc(/C=N/Nc2nc(-c3ccccc3)c3cc(Br)ccc3n2)cc1OC. The molecule has 1 aromatic heterocycles. The molecular weight excluding hydrogens is 444 g/mol. The highest BCUT2D eigenvalue weighted by Gasteiger charge is 2.10. The first kappa shape index (κ1) is 19.8. The van der Waals surface area contributed by atoms with Crippen molar-refractivity contribution in [2.24, 2.45) is 5.10 Å². The van der Waals surface area contributed by atoms with Gasteiger partial charge in [-0.05, 0) is 42.0 Å². The number of fused-ring (bicyclic) bond motifs is 1. The van der Waals surface area contributed by atoms with Crippen LogP contribution in [0.25, 0.3) is 22.2 Å². The Kier molecular flexibility index (Phi) is 5.90. The normalized spacial score (nSPS) is 11.0. The van der Waals surface area contributed by atoms with Gasteiger partial charge in [-0.25, -0.2) is 15.4 Å². The first-order valence-corrected chi connectivity index (χ1v) is 10.0. The van der Waals surface area contributed by atoms with Crippen LogP contribution in [0.4, 0.5) is 5.95 Å². The van der Waals surface area contributed by atoms with E-state index in [1.54, 1.807) is 20.4 Å². The molecule has 30 heavy (non-hydrogen) atoms. The van der Waals surface area contributed by atoms with Gasteiger partial charge in [0, 0.05) is 15.4 Å². The molecule has 6 nitrogen and oxygen atoms in total. The van der Waals surface area contributed by atoms with Crippen LogP contribution in [-0.2, 0) is 0 Å². The molecule has 1 N–H and O–H groups in total. The van der Waals surface area contributed by atoms with E-state index in [-0.39, 0.29) is 0 Å². The van der Waals surface area contributed by atoms with Gasteiger partial charge in [-0.3, -0.25) is 0 Å². The van der Waals surface area contributed by atoms with Crippen molar-refractivity contribution < 1.29 is 9.47 Å². The summed E-state index contributed by atoms with van der Waals surface area (Å²) in [5, 5.41) is 5.26. The van der Waals surface area contributed by atoms with E-state index < -0.39 is 0 Å². The Labute approximate surface area is 182 Å². The average molecular weight is 463 g/mol. The monoisotopic (exact) mass is 462 g/mol. The predicted molar refractivity (Wildman–Crippen MR) is 123 cm³/mol. The molecule has 0 atom stereocenters. The van der Waals surface area contributed by atoms with Gasteiger partial charge in [-0.2, -0.15) is 5.10 Å². The summed E-state index contributed by atoms with van der Waals surface area (Å²) in [6.45, 7) is 0. The quantitative estimate of drug-likeness (QED) is 0.301. The van der Waals surface area contributed by atoms with Gasteiger partial charge in [0.1, 0.15) is 0 Å². The largest absolute Gasteiger partial charge is 0.493 e. The molecule has 0 spiro atoms. The van der Waals surface area contributed by atoms with Gasteiger partial charge >= 0.3 is 0 Å². The number of aromatic nitrogens is 2. The average Bonchev–Trinajstić information content (AvgIpc) is 2.79. The number of hydrazone groups is 1. The molecule has 0 saturated carbocycles. The third-order valence-electron chi connectivity index (χ3n) is 4.49. The maximum absolute atomic E-state index is 5.33. The zero-order valence-electron chi connectivity index (χ0n) is 16.5. The summed E-state index contributed by atoms with van der Waals surface area (Å²) in [4.78, 5) is 9.30. The smallest absolute Gasteiger partial charge is 0.244 e. The molecule has 0 unspecified atom stereocenters. The van der Waals surface area contributed by atoms with Crippen molar-refractivity contribution in [2.75, 3.05) is 19.6 Å². The van der Waals surface area contributed by atoms with E-state index in [1.807, 2.05) is 66.7 Å². The second-order valence-corrected chi connectivity index (χ2v) is 7.32. The summed E-state index contributed by atoms with van der Waals surface area (Å²) < 4.78 is 11.6. The molecule has 0 aliphatic carbocycles. The van der Waals surface area contributed by atoms with E-state index in [2.05, 4.69) is 31.4 Å². The molecule has 4 rings (SSSR count). The number of rotatable bonds is 6. The Bertz CT molecular complexity index is 1210. The number of hydrogen-bond donors (Lipinski definition) is 1. The Morgan fingerprint density at radius 2 is 1.70 bits per heavy atom. The van der Waals surface area contributed by atoms with Crippen molar-refractivity contribution in [3.05, 3.63) is 76.8 Å². The van der Waals surface area contributed by atoms with Crippen LogP contribution in [0.5, 0.6) is 11.5 Å². The molecule has 4 aromatic rings. The van der Waals surface area contributed by atoms with Crippen molar-refractivity contribution in [3.8, 4) is 22.8 Å². The first-order valence-electron chi connectivity index (χ1n) is 9.22. The van der Waals surface area contributed by atoms with Gasteiger partial charge in [0.2, 0.25) is 5.95 Å². The zero-order valence-corrected chi connectivity index (χ0v) is 18.1. The number of methoxy groups -OCH3 is 2. The lowest BCUT2D eigenvalue weighted by atomic mass is 10.1. The number of hydrogen-bond acceptors (Lipinski definition) is 6. The minimum absolute atomic E-state index is 0.417. The lowest BCUT2D eigenvalue weighted by Gasteiger charge is -2.09. The fourth-order valence-corrected chi connectivity index (χ4v) is 3.43. The van der Waals surface area contributed by atoms with Crippen molar-refractivity contribution in [1.29, 1.82) is 0 Å². The molecule has 3 aromatic carbocycles. The second kappa shape index (κ2) is 8.92. The van der Waals surface area contributed by atoms with Crippen LogP contribution < -0.4 is 14.9 Å². The molecule has 0 aliphatic rings. The van der Waals surface area contributed by atoms with Gasteiger partial charge in [-0.15, -0.1) is 0 Å². The molecule has 0 radical (unpaired) electrons. The van der Waals surface area contributed by atoms with Gasteiger partial charge in [0.15, 0.2) is 11.5 Å². The van der Waals surface area contributed by atoms with Gasteiger partial charge < -0.3 is 9.47 Å². The van der Waals surface area contributed by atoms with E-state index >= 15 is 0 Å². The number of halogens is 1. The van der Waals surface area contributed by atoms with Crippen LogP contribution >= 0.6 is 15.9 Å². The summed E-state index contributed by atoms with van der Waals surface area (Å²) in [5.41, 5.74) is 6.47. The van der Waals surface area contributed by atoms with Gasteiger partial charge in [0.05, 0.1) is 31.6 Å². The third kappa shape index (κ3) is 4.26. The zero-order chi connectivity index (χ0) is 20.9. The first-order chi connectivity index (χ1) is 14.7. The van der Waals surface area contributed by atoms with E-state index in [4.69, 9.17) is 14.5 Å². The van der Waals surface area contributed by atoms with E-state index in [0.29, 0.717) is 17.4 Å². The van der Waals surface area contributed by atoms with Crippen LogP contribution in [0.2, 0.25) is 0 Å². The Morgan fingerprint density at radius 1 is 0.900 bits per heavy atom. The molecule has 150 valence electrons. The minimum Gasteiger partial charge on any atom is -0.493 e. The van der Waals surface area contributed by atoms with Crippen LogP contribution in [0.3, 0.4) is 0 Å². The van der Waals surface area contributed by atoms with Crippen molar-refractivity contribution in [3.63, 3.8) is 0 Å². The standard InChI is InChI=1S/C23H19BrN4O2/c1-29-20-11-8-15(12-21(20)30-2)14-25-28-23-26-19-10-9-17(24)13-18(19)22(27-23)16-6-4-3-5-7-16/h3-14H,1-2H3,(H,26,27,28)/b25-14+. The number of nitrogens with one attached hydrogen (secondary N) is 1. The summed E-state index contributed by atoms with van der Waals surface area (Å²) in [7, 11) is 3.20. The maximum atomic E-state index is 5.33.